The molecule has 0 aromatic heterocycles. The van der Waals surface area contributed by atoms with Gasteiger partial charge in [0.1, 0.15) is 0 Å². The fourth-order valence-corrected chi connectivity index (χ4v) is 2.28. The van der Waals surface area contributed by atoms with Crippen LogP contribution < -0.4 is 21.8 Å². The summed E-state index contributed by atoms with van der Waals surface area (Å²) in [7, 11) is 0. The van der Waals surface area contributed by atoms with E-state index in [1.165, 1.54) is 0 Å². The molecule has 1 heterocycles. The highest BCUT2D eigenvalue weighted by Gasteiger charge is 2.01. The summed E-state index contributed by atoms with van der Waals surface area (Å²) in [6.45, 7) is 0. The number of hydrogen-bond acceptors (Lipinski definition) is 4. The van der Waals surface area contributed by atoms with Gasteiger partial charge in [0.15, 0.2) is 5.75 Å². The van der Waals surface area contributed by atoms with E-state index in [0.29, 0.717) is 0 Å². The van der Waals surface area contributed by atoms with Crippen molar-refractivity contribution in [3.05, 3.63) is 84.6 Å². The van der Waals surface area contributed by atoms with E-state index in [9.17, 15) is 0 Å². The van der Waals surface area contributed by atoms with Crippen LogP contribution in [-0.4, -0.2) is 0 Å². The Hall–Kier alpha value is -3.40. The maximum Gasteiger partial charge on any atom is 0.162 e. The molecule has 0 saturated heterocycles. The van der Waals surface area contributed by atoms with Crippen LogP contribution >= 0.6 is 0 Å². The molecule has 0 aliphatic carbocycles. The average Bonchev–Trinajstić information content (AvgIpc) is 2.64. The summed E-state index contributed by atoms with van der Waals surface area (Å²) >= 11 is 0. The normalized spacial score (nSPS) is 11.3. The van der Waals surface area contributed by atoms with Crippen molar-refractivity contribution in [1.82, 2.24) is 5.48 Å². The van der Waals surface area contributed by atoms with Crippen LogP contribution in [-0.2, 0) is 0 Å². The Morgan fingerprint density at radius 3 is 1.75 bits per heavy atom. The third-order valence-corrected chi connectivity index (χ3v) is 3.57. The maximum absolute atomic E-state index is 5.61. The molecule has 4 heteroatoms. The minimum Gasteiger partial charge on any atom is -0.399 e. The van der Waals surface area contributed by atoms with E-state index in [1.54, 1.807) is 6.20 Å². The van der Waals surface area contributed by atoms with Crippen LogP contribution in [0.5, 0.6) is 5.75 Å². The summed E-state index contributed by atoms with van der Waals surface area (Å²) < 4.78 is 0. The Kier molecular flexibility index (Phi) is 4.68. The first-order valence-electron chi connectivity index (χ1n) is 7.62. The smallest absolute Gasteiger partial charge is 0.162 e. The van der Waals surface area contributed by atoms with Gasteiger partial charge in [-0.3, -0.25) is 0 Å². The number of fused-ring (bicyclic) bond motifs is 1. The third-order valence-electron chi connectivity index (χ3n) is 3.57. The van der Waals surface area contributed by atoms with Crippen LogP contribution in [0.1, 0.15) is 5.56 Å². The molecular formula is C20H19N3O. The number of nitrogens with one attached hydrogen (secondary N) is 1. The molecule has 0 fully saturated rings. The molecule has 1 aliphatic rings. The molecule has 4 rings (SSSR count). The highest BCUT2D eigenvalue weighted by atomic mass is 16.6. The molecule has 5 N–H and O–H groups in total. The molecular weight excluding hydrogens is 298 g/mol. The van der Waals surface area contributed by atoms with E-state index in [-0.39, 0.29) is 0 Å². The number of anilines is 2. The Labute approximate surface area is 141 Å². The largest absolute Gasteiger partial charge is 0.399 e. The molecule has 1 aliphatic heterocycles. The number of rotatable bonds is 1. The predicted molar refractivity (Wildman–Crippen MR) is 99.9 cm³/mol. The monoisotopic (exact) mass is 317 g/mol. The molecule has 3 aromatic rings. The summed E-state index contributed by atoms with van der Waals surface area (Å²) in [5, 5.41) is 0. The topological polar surface area (TPSA) is 73.3 Å². The van der Waals surface area contributed by atoms with Crippen molar-refractivity contribution in [2.24, 2.45) is 0 Å². The molecule has 0 amide bonds. The summed E-state index contributed by atoms with van der Waals surface area (Å²) in [6.07, 6.45) is 3.74. The minimum atomic E-state index is 0.782. The minimum absolute atomic E-state index is 0.782. The van der Waals surface area contributed by atoms with Crippen LogP contribution in [0.15, 0.2) is 79.0 Å². The van der Waals surface area contributed by atoms with Crippen molar-refractivity contribution >= 4 is 17.5 Å². The molecule has 0 radical (unpaired) electrons. The quantitative estimate of drug-likeness (QED) is 0.591. The lowest BCUT2D eigenvalue weighted by Gasteiger charge is -2.11. The van der Waals surface area contributed by atoms with Crippen LogP contribution in [0.4, 0.5) is 11.4 Å². The molecule has 4 nitrogen and oxygen atoms in total. The Morgan fingerprint density at radius 1 is 0.667 bits per heavy atom. The van der Waals surface area contributed by atoms with Crippen molar-refractivity contribution in [2.75, 3.05) is 11.5 Å². The average molecular weight is 317 g/mol. The van der Waals surface area contributed by atoms with E-state index < -0.39 is 0 Å². The molecule has 0 unspecified atom stereocenters. The zero-order valence-electron chi connectivity index (χ0n) is 13.1. The first-order valence-corrected chi connectivity index (χ1v) is 7.62. The van der Waals surface area contributed by atoms with Gasteiger partial charge in [-0.2, -0.15) is 0 Å². The van der Waals surface area contributed by atoms with Crippen molar-refractivity contribution in [2.45, 2.75) is 0 Å². The van der Waals surface area contributed by atoms with Crippen LogP contribution in [0, 0.1) is 0 Å². The van der Waals surface area contributed by atoms with E-state index in [2.05, 4.69) is 5.48 Å². The van der Waals surface area contributed by atoms with Gasteiger partial charge in [-0.15, -0.1) is 0 Å². The summed E-state index contributed by atoms with van der Waals surface area (Å²) in [4.78, 5) is 5.09. The second-order valence-electron chi connectivity index (χ2n) is 5.34. The van der Waals surface area contributed by atoms with Gasteiger partial charge in [0, 0.05) is 23.1 Å². The lowest BCUT2D eigenvalue weighted by molar-refractivity contribution is 0.239. The molecule has 3 aromatic carbocycles. The van der Waals surface area contributed by atoms with Crippen molar-refractivity contribution < 1.29 is 4.84 Å². The summed E-state index contributed by atoms with van der Waals surface area (Å²) in [5.41, 5.74) is 18.9. The van der Waals surface area contributed by atoms with Crippen LogP contribution in [0.25, 0.3) is 17.2 Å². The van der Waals surface area contributed by atoms with Crippen molar-refractivity contribution in [3.8, 4) is 16.9 Å². The summed E-state index contributed by atoms with van der Waals surface area (Å²) in [6, 6.07) is 23.4. The lowest BCUT2D eigenvalue weighted by atomic mass is 10.1. The Balaban J connectivity index is 0.000000149. The molecule has 120 valence electrons. The van der Waals surface area contributed by atoms with Gasteiger partial charge in [0.05, 0.1) is 0 Å². The first kappa shape index (κ1) is 15.5. The highest BCUT2D eigenvalue weighted by Crippen LogP contribution is 2.21. The fourth-order valence-electron chi connectivity index (χ4n) is 2.28. The summed E-state index contributed by atoms with van der Waals surface area (Å²) in [5.74, 6) is 0.880. The SMILES string of the molecule is C1=Cc2ccccc2ON1.Nc1ccc(-c2ccc(N)cc2)cc1. The number of hydrogen-bond donors (Lipinski definition) is 3. The number of nitrogens with two attached hydrogens (primary N) is 2. The van der Waals surface area contributed by atoms with E-state index in [4.69, 9.17) is 16.3 Å². The number of benzene rings is 3. The molecule has 0 saturated carbocycles. The predicted octanol–water partition coefficient (Wildman–Crippen LogP) is 4.07. The first-order chi connectivity index (χ1) is 11.7. The highest BCUT2D eigenvalue weighted by molar-refractivity contribution is 5.67. The van der Waals surface area contributed by atoms with Gasteiger partial charge in [0.25, 0.3) is 0 Å². The van der Waals surface area contributed by atoms with Gasteiger partial charge in [0.2, 0.25) is 0 Å². The van der Waals surface area contributed by atoms with E-state index >= 15 is 0 Å². The zero-order chi connectivity index (χ0) is 16.8. The van der Waals surface area contributed by atoms with Gasteiger partial charge >= 0.3 is 0 Å². The van der Waals surface area contributed by atoms with E-state index in [1.807, 2.05) is 78.9 Å². The molecule has 0 atom stereocenters. The molecule has 24 heavy (non-hydrogen) atoms. The second-order valence-corrected chi connectivity index (χ2v) is 5.34. The zero-order valence-corrected chi connectivity index (χ0v) is 13.1. The van der Waals surface area contributed by atoms with Gasteiger partial charge in [-0.1, -0.05) is 42.5 Å². The Bertz CT molecular complexity index is 781. The van der Waals surface area contributed by atoms with Crippen molar-refractivity contribution in [3.63, 3.8) is 0 Å². The number of para-hydroxylation sites is 1. The van der Waals surface area contributed by atoms with Crippen molar-refractivity contribution in [1.29, 1.82) is 0 Å². The maximum atomic E-state index is 5.61. The van der Waals surface area contributed by atoms with Crippen LogP contribution in [0.2, 0.25) is 0 Å². The number of hydroxylamine groups is 1. The molecule has 0 bridgehead atoms. The fraction of sp³-hybridized carbons (Fsp3) is 0. The van der Waals surface area contributed by atoms with Gasteiger partial charge in [-0.25, -0.2) is 5.48 Å². The lowest BCUT2D eigenvalue weighted by Crippen LogP contribution is -2.13. The van der Waals surface area contributed by atoms with Gasteiger partial charge in [-0.05, 0) is 47.5 Å². The molecule has 0 spiro atoms. The van der Waals surface area contributed by atoms with Crippen LogP contribution in [0.3, 0.4) is 0 Å². The van der Waals surface area contributed by atoms with E-state index in [0.717, 1.165) is 33.8 Å². The Morgan fingerprint density at radius 2 is 1.21 bits per heavy atom. The van der Waals surface area contributed by atoms with Gasteiger partial charge < -0.3 is 16.3 Å². The number of nitrogen functional groups attached to an aromatic ring is 2. The standard InChI is InChI=1S/C12H12N2.C8H7NO/c13-11-5-1-9(2-6-11)10-3-7-12(14)8-4-10;1-2-4-8-7(3-1)5-6-9-10-8/h1-8H,13-14H2;1-6,9H. The third kappa shape index (κ3) is 3.87. The second kappa shape index (κ2) is 7.24.